The zero-order valence-corrected chi connectivity index (χ0v) is 12.2. The van der Waals surface area contributed by atoms with E-state index in [1.54, 1.807) is 12.1 Å². The average Bonchev–Trinajstić information content (AvgIpc) is 2.41. The molecule has 1 aromatic carbocycles. The lowest BCUT2D eigenvalue weighted by Gasteiger charge is -2.10. The summed E-state index contributed by atoms with van der Waals surface area (Å²) in [7, 11) is 0. The van der Waals surface area contributed by atoms with Crippen molar-refractivity contribution >= 4 is 5.97 Å². The number of rotatable bonds is 8. The standard InChI is InChI=1S/C16H24O3/c1-4-6-10-18-15-12-14(9-8-13(15)3)16(17)19-11-7-5-2/h8-9,12H,4-7,10-11H2,1-3H3. The van der Waals surface area contributed by atoms with Crippen LogP contribution in [0, 0.1) is 6.92 Å². The number of carbonyl (C=O) groups excluding carboxylic acids is 1. The van der Waals surface area contributed by atoms with Gasteiger partial charge in [0.1, 0.15) is 5.75 Å². The summed E-state index contributed by atoms with van der Waals surface area (Å²) in [6.07, 6.45) is 4.03. The van der Waals surface area contributed by atoms with Crippen LogP contribution in [0.25, 0.3) is 0 Å². The third kappa shape index (κ3) is 5.33. The highest BCUT2D eigenvalue weighted by molar-refractivity contribution is 5.90. The Labute approximate surface area is 115 Å². The topological polar surface area (TPSA) is 35.5 Å². The van der Waals surface area contributed by atoms with Crippen molar-refractivity contribution in [3.63, 3.8) is 0 Å². The maximum absolute atomic E-state index is 11.8. The van der Waals surface area contributed by atoms with Crippen LogP contribution in [0.3, 0.4) is 0 Å². The van der Waals surface area contributed by atoms with Gasteiger partial charge in [-0.25, -0.2) is 4.79 Å². The number of hydrogen-bond donors (Lipinski definition) is 0. The zero-order chi connectivity index (χ0) is 14.1. The molecule has 1 aromatic rings. The van der Waals surface area contributed by atoms with E-state index in [4.69, 9.17) is 9.47 Å². The van der Waals surface area contributed by atoms with Crippen molar-refractivity contribution in [1.29, 1.82) is 0 Å². The normalized spacial score (nSPS) is 10.3. The Hall–Kier alpha value is -1.51. The van der Waals surface area contributed by atoms with Gasteiger partial charge in [-0.15, -0.1) is 0 Å². The van der Waals surface area contributed by atoms with Gasteiger partial charge in [0.2, 0.25) is 0 Å². The van der Waals surface area contributed by atoms with E-state index < -0.39 is 0 Å². The maximum Gasteiger partial charge on any atom is 0.338 e. The zero-order valence-electron chi connectivity index (χ0n) is 12.2. The second kappa shape index (κ2) is 8.57. The van der Waals surface area contributed by atoms with Crippen LogP contribution >= 0.6 is 0 Å². The molecule has 1 rings (SSSR count). The molecule has 0 saturated heterocycles. The SMILES string of the molecule is CCCCOC(=O)c1ccc(C)c(OCCCC)c1. The van der Waals surface area contributed by atoms with Crippen molar-refractivity contribution in [2.24, 2.45) is 0 Å². The Morgan fingerprint density at radius 2 is 1.79 bits per heavy atom. The first-order valence-electron chi connectivity index (χ1n) is 7.09. The smallest absolute Gasteiger partial charge is 0.338 e. The predicted octanol–water partition coefficient (Wildman–Crippen LogP) is 4.13. The second-order valence-corrected chi connectivity index (χ2v) is 4.67. The van der Waals surface area contributed by atoms with Gasteiger partial charge in [0, 0.05) is 0 Å². The Morgan fingerprint density at radius 3 is 2.47 bits per heavy atom. The van der Waals surface area contributed by atoms with Gasteiger partial charge in [0.25, 0.3) is 0 Å². The van der Waals surface area contributed by atoms with Crippen molar-refractivity contribution in [2.75, 3.05) is 13.2 Å². The molecule has 0 N–H and O–H groups in total. The van der Waals surface area contributed by atoms with Crippen LogP contribution in [-0.2, 0) is 4.74 Å². The fourth-order valence-corrected chi connectivity index (χ4v) is 1.60. The third-order valence-electron chi connectivity index (χ3n) is 2.91. The van der Waals surface area contributed by atoms with Crippen molar-refractivity contribution in [1.82, 2.24) is 0 Å². The number of aryl methyl sites for hydroxylation is 1. The van der Waals surface area contributed by atoms with Crippen molar-refractivity contribution in [3.8, 4) is 5.75 Å². The molecular formula is C16H24O3. The Bertz CT molecular complexity index is 399. The molecule has 3 heteroatoms. The summed E-state index contributed by atoms with van der Waals surface area (Å²) in [4.78, 5) is 11.8. The minimum atomic E-state index is -0.270. The van der Waals surface area contributed by atoms with Crippen molar-refractivity contribution < 1.29 is 14.3 Å². The van der Waals surface area contributed by atoms with Crippen LogP contribution < -0.4 is 4.74 Å². The van der Waals surface area contributed by atoms with Crippen molar-refractivity contribution in [2.45, 2.75) is 46.5 Å². The molecule has 0 aromatic heterocycles. The summed E-state index contributed by atoms with van der Waals surface area (Å²) in [5, 5.41) is 0. The van der Waals surface area contributed by atoms with Gasteiger partial charge in [-0.2, -0.15) is 0 Å². The Balaban J connectivity index is 2.63. The molecule has 0 amide bonds. The molecule has 19 heavy (non-hydrogen) atoms. The summed E-state index contributed by atoms with van der Waals surface area (Å²) in [5.41, 5.74) is 1.61. The van der Waals surface area contributed by atoms with E-state index in [2.05, 4.69) is 13.8 Å². The molecule has 0 bridgehead atoms. The first-order valence-corrected chi connectivity index (χ1v) is 7.09. The van der Waals surface area contributed by atoms with Crippen LogP contribution in [0.2, 0.25) is 0 Å². The van der Waals surface area contributed by atoms with E-state index in [1.807, 2.05) is 13.0 Å². The highest BCUT2D eigenvalue weighted by atomic mass is 16.5. The van der Waals surface area contributed by atoms with Gasteiger partial charge >= 0.3 is 5.97 Å². The highest BCUT2D eigenvalue weighted by Gasteiger charge is 2.10. The molecule has 0 aliphatic rings. The number of unbranched alkanes of at least 4 members (excludes halogenated alkanes) is 2. The molecule has 0 aliphatic carbocycles. The highest BCUT2D eigenvalue weighted by Crippen LogP contribution is 2.20. The van der Waals surface area contributed by atoms with E-state index in [9.17, 15) is 4.79 Å². The number of ether oxygens (including phenoxy) is 2. The number of benzene rings is 1. The predicted molar refractivity (Wildman–Crippen MR) is 76.8 cm³/mol. The summed E-state index contributed by atoms with van der Waals surface area (Å²) in [6.45, 7) is 7.34. The van der Waals surface area contributed by atoms with E-state index in [0.29, 0.717) is 18.8 Å². The minimum absolute atomic E-state index is 0.270. The molecule has 0 saturated carbocycles. The van der Waals surface area contributed by atoms with Crippen LogP contribution in [0.5, 0.6) is 5.75 Å². The molecule has 0 unspecified atom stereocenters. The quantitative estimate of drug-likeness (QED) is 0.523. The Morgan fingerprint density at radius 1 is 1.11 bits per heavy atom. The Kier molecular flexibility index (Phi) is 7.01. The van der Waals surface area contributed by atoms with Gasteiger partial charge in [-0.05, 0) is 37.5 Å². The molecule has 106 valence electrons. The van der Waals surface area contributed by atoms with E-state index in [0.717, 1.165) is 37.0 Å². The van der Waals surface area contributed by atoms with Crippen LogP contribution in [-0.4, -0.2) is 19.2 Å². The maximum atomic E-state index is 11.8. The molecule has 0 atom stereocenters. The summed E-state index contributed by atoms with van der Waals surface area (Å²) < 4.78 is 10.9. The monoisotopic (exact) mass is 264 g/mol. The van der Waals surface area contributed by atoms with E-state index in [-0.39, 0.29) is 5.97 Å². The summed E-state index contributed by atoms with van der Waals surface area (Å²) in [6, 6.07) is 5.47. The number of esters is 1. The molecule has 0 aliphatic heterocycles. The fraction of sp³-hybridized carbons (Fsp3) is 0.562. The minimum Gasteiger partial charge on any atom is -0.493 e. The molecule has 0 heterocycles. The first kappa shape index (κ1) is 15.5. The largest absolute Gasteiger partial charge is 0.493 e. The fourth-order valence-electron chi connectivity index (χ4n) is 1.60. The third-order valence-corrected chi connectivity index (χ3v) is 2.91. The second-order valence-electron chi connectivity index (χ2n) is 4.67. The number of hydrogen-bond acceptors (Lipinski definition) is 3. The molecule has 3 nitrogen and oxygen atoms in total. The van der Waals surface area contributed by atoms with Gasteiger partial charge in [0.15, 0.2) is 0 Å². The van der Waals surface area contributed by atoms with E-state index >= 15 is 0 Å². The molecular weight excluding hydrogens is 240 g/mol. The van der Waals surface area contributed by atoms with Gasteiger partial charge in [-0.1, -0.05) is 32.8 Å². The van der Waals surface area contributed by atoms with Crippen LogP contribution in [0.1, 0.15) is 55.5 Å². The molecule has 0 spiro atoms. The lowest BCUT2D eigenvalue weighted by molar-refractivity contribution is 0.0499. The van der Waals surface area contributed by atoms with Crippen molar-refractivity contribution in [3.05, 3.63) is 29.3 Å². The summed E-state index contributed by atoms with van der Waals surface area (Å²) >= 11 is 0. The van der Waals surface area contributed by atoms with Gasteiger partial charge in [-0.3, -0.25) is 0 Å². The van der Waals surface area contributed by atoms with Crippen LogP contribution in [0.15, 0.2) is 18.2 Å². The number of carbonyl (C=O) groups is 1. The van der Waals surface area contributed by atoms with Gasteiger partial charge in [0.05, 0.1) is 18.8 Å². The lowest BCUT2D eigenvalue weighted by atomic mass is 10.1. The molecule has 0 radical (unpaired) electrons. The average molecular weight is 264 g/mol. The summed E-state index contributed by atoms with van der Waals surface area (Å²) in [5.74, 6) is 0.507. The lowest BCUT2D eigenvalue weighted by Crippen LogP contribution is -2.07. The van der Waals surface area contributed by atoms with E-state index in [1.165, 1.54) is 0 Å². The first-order chi connectivity index (χ1) is 9.19. The van der Waals surface area contributed by atoms with Crippen LogP contribution in [0.4, 0.5) is 0 Å². The molecule has 0 fully saturated rings. The van der Waals surface area contributed by atoms with Gasteiger partial charge < -0.3 is 9.47 Å².